The molecular weight excluding hydrogens is 258 g/mol. The highest BCUT2D eigenvalue weighted by Gasteiger charge is 2.28. The molecule has 1 aromatic heterocycles. The van der Waals surface area contributed by atoms with Crippen molar-refractivity contribution in [3.8, 4) is 11.3 Å². The third kappa shape index (κ3) is 2.92. The van der Waals surface area contributed by atoms with E-state index >= 15 is 0 Å². The summed E-state index contributed by atoms with van der Waals surface area (Å²) in [6.07, 6.45) is 2.45. The lowest BCUT2D eigenvalue weighted by Gasteiger charge is -2.14. The standard InChI is InChI=1S/C18H23N3/c1-5-19-17-13(4)16(20-18(21-17)14-6-7-14)15-9-11(2)8-12(3)10-15/h8-10,14H,5-7H2,1-4H3,(H,19,20,21). The maximum absolute atomic E-state index is 4.88. The Bertz CT molecular complexity index is 652. The van der Waals surface area contributed by atoms with Gasteiger partial charge in [-0.1, -0.05) is 17.2 Å². The Morgan fingerprint density at radius 2 is 1.71 bits per heavy atom. The number of nitrogens with one attached hydrogen (secondary N) is 1. The molecule has 1 fully saturated rings. The number of aryl methyl sites for hydroxylation is 2. The lowest BCUT2D eigenvalue weighted by Crippen LogP contribution is -2.07. The van der Waals surface area contributed by atoms with Crippen LogP contribution in [-0.2, 0) is 0 Å². The van der Waals surface area contributed by atoms with Gasteiger partial charge in [-0.15, -0.1) is 0 Å². The number of rotatable bonds is 4. The molecule has 0 amide bonds. The van der Waals surface area contributed by atoms with Crippen molar-refractivity contribution < 1.29 is 0 Å². The van der Waals surface area contributed by atoms with E-state index in [2.05, 4.69) is 51.2 Å². The Hall–Kier alpha value is -1.90. The van der Waals surface area contributed by atoms with E-state index in [0.717, 1.165) is 29.4 Å². The highest BCUT2D eigenvalue weighted by atomic mass is 15.0. The second-order valence-corrected chi connectivity index (χ2v) is 6.09. The Morgan fingerprint density at radius 1 is 1.05 bits per heavy atom. The maximum Gasteiger partial charge on any atom is 0.134 e. The molecule has 1 aromatic carbocycles. The van der Waals surface area contributed by atoms with E-state index in [-0.39, 0.29) is 0 Å². The molecule has 0 bridgehead atoms. The van der Waals surface area contributed by atoms with Crippen LogP contribution < -0.4 is 5.32 Å². The minimum atomic E-state index is 0.563. The monoisotopic (exact) mass is 281 g/mol. The summed E-state index contributed by atoms with van der Waals surface area (Å²) in [6, 6.07) is 6.64. The van der Waals surface area contributed by atoms with Gasteiger partial charge in [0.1, 0.15) is 11.6 Å². The molecule has 1 saturated carbocycles. The van der Waals surface area contributed by atoms with Crippen LogP contribution >= 0.6 is 0 Å². The van der Waals surface area contributed by atoms with Crippen LogP contribution in [0.15, 0.2) is 18.2 Å². The fourth-order valence-corrected chi connectivity index (χ4v) is 2.79. The molecule has 0 unspecified atom stereocenters. The molecule has 110 valence electrons. The van der Waals surface area contributed by atoms with Crippen molar-refractivity contribution in [3.05, 3.63) is 40.7 Å². The first-order valence-corrected chi connectivity index (χ1v) is 7.79. The van der Waals surface area contributed by atoms with Crippen molar-refractivity contribution in [1.29, 1.82) is 0 Å². The lowest BCUT2D eigenvalue weighted by molar-refractivity contribution is 0.918. The third-order valence-corrected chi connectivity index (χ3v) is 3.94. The first-order valence-electron chi connectivity index (χ1n) is 7.79. The first kappa shape index (κ1) is 14.1. The van der Waals surface area contributed by atoms with E-state index in [4.69, 9.17) is 9.97 Å². The minimum Gasteiger partial charge on any atom is -0.370 e. The summed E-state index contributed by atoms with van der Waals surface area (Å²) >= 11 is 0. The second kappa shape index (κ2) is 5.47. The predicted octanol–water partition coefficient (Wildman–Crippen LogP) is 4.38. The number of aromatic nitrogens is 2. The molecule has 0 radical (unpaired) electrons. The van der Waals surface area contributed by atoms with Crippen LogP contribution in [0.1, 0.15) is 48.2 Å². The molecule has 0 spiro atoms. The predicted molar refractivity (Wildman–Crippen MR) is 87.8 cm³/mol. The van der Waals surface area contributed by atoms with E-state index in [9.17, 15) is 0 Å². The van der Waals surface area contributed by atoms with Crippen LogP contribution in [0.25, 0.3) is 11.3 Å². The fourth-order valence-electron chi connectivity index (χ4n) is 2.79. The molecule has 3 rings (SSSR count). The van der Waals surface area contributed by atoms with Gasteiger partial charge >= 0.3 is 0 Å². The molecule has 0 aliphatic heterocycles. The molecule has 3 nitrogen and oxygen atoms in total. The van der Waals surface area contributed by atoms with Gasteiger partial charge in [-0.05, 0) is 52.7 Å². The highest BCUT2D eigenvalue weighted by Crippen LogP contribution is 2.40. The molecule has 2 aromatic rings. The molecule has 0 saturated heterocycles. The Balaban J connectivity index is 2.15. The van der Waals surface area contributed by atoms with E-state index in [0.29, 0.717) is 5.92 Å². The minimum absolute atomic E-state index is 0.563. The molecule has 3 heteroatoms. The van der Waals surface area contributed by atoms with Gasteiger partial charge in [-0.2, -0.15) is 0 Å². The number of hydrogen-bond acceptors (Lipinski definition) is 3. The van der Waals surface area contributed by atoms with E-state index in [1.165, 1.54) is 29.5 Å². The molecular formula is C18H23N3. The summed E-state index contributed by atoms with van der Waals surface area (Å²) in [7, 11) is 0. The van der Waals surface area contributed by atoms with Crippen molar-refractivity contribution in [1.82, 2.24) is 9.97 Å². The zero-order valence-electron chi connectivity index (χ0n) is 13.3. The van der Waals surface area contributed by atoms with Crippen LogP contribution in [0.5, 0.6) is 0 Å². The lowest BCUT2D eigenvalue weighted by atomic mass is 10.0. The van der Waals surface area contributed by atoms with E-state index < -0.39 is 0 Å². The van der Waals surface area contributed by atoms with Gasteiger partial charge in [0.05, 0.1) is 5.69 Å². The van der Waals surface area contributed by atoms with Crippen molar-refractivity contribution in [2.75, 3.05) is 11.9 Å². The largest absolute Gasteiger partial charge is 0.370 e. The van der Waals surface area contributed by atoms with Crippen molar-refractivity contribution in [2.24, 2.45) is 0 Å². The van der Waals surface area contributed by atoms with E-state index in [1.807, 2.05) is 0 Å². The second-order valence-electron chi connectivity index (χ2n) is 6.09. The summed E-state index contributed by atoms with van der Waals surface area (Å²) in [4.78, 5) is 9.61. The van der Waals surface area contributed by atoms with Gasteiger partial charge < -0.3 is 5.32 Å². The molecule has 1 aliphatic rings. The molecule has 1 heterocycles. The Kier molecular flexibility index (Phi) is 3.66. The number of benzene rings is 1. The van der Waals surface area contributed by atoms with Crippen LogP contribution in [0.2, 0.25) is 0 Å². The summed E-state index contributed by atoms with van der Waals surface area (Å²) in [5, 5.41) is 3.39. The van der Waals surface area contributed by atoms with Gasteiger partial charge in [-0.3, -0.25) is 0 Å². The topological polar surface area (TPSA) is 37.8 Å². The smallest absolute Gasteiger partial charge is 0.134 e. The Morgan fingerprint density at radius 3 is 2.29 bits per heavy atom. The van der Waals surface area contributed by atoms with Crippen LogP contribution in [0.4, 0.5) is 5.82 Å². The zero-order valence-corrected chi connectivity index (χ0v) is 13.3. The molecule has 21 heavy (non-hydrogen) atoms. The van der Waals surface area contributed by atoms with Crippen LogP contribution in [-0.4, -0.2) is 16.5 Å². The third-order valence-electron chi connectivity index (χ3n) is 3.94. The molecule has 1 aliphatic carbocycles. The van der Waals surface area contributed by atoms with Gasteiger partial charge in [-0.25, -0.2) is 9.97 Å². The SMILES string of the molecule is CCNc1nc(C2CC2)nc(-c2cc(C)cc(C)c2)c1C. The summed E-state index contributed by atoms with van der Waals surface area (Å²) in [6.45, 7) is 9.38. The summed E-state index contributed by atoms with van der Waals surface area (Å²) in [5.41, 5.74) is 5.98. The van der Waals surface area contributed by atoms with Crippen LogP contribution in [0, 0.1) is 20.8 Å². The molecule has 0 atom stereocenters. The average Bonchev–Trinajstić information content (AvgIpc) is 3.24. The summed E-state index contributed by atoms with van der Waals surface area (Å²) < 4.78 is 0. The highest BCUT2D eigenvalue weighted by molar-refractivity contribution is 5.69. The first-order chi connectivity index (χ1) is 10.1. The van der Waals surface area contributed by atoms with Crippen LogP contribution in [0.3, 0.4) is 0 Å². The fraction of sp³-hybridized carbons (Fsp3) is 0.444. The summed E-state index contributed by atoms with van der Waals surface area (Å²) in [5.74, 6) is 2.56. The Labute approximate surface area is 126 Å². The quantitative estimate of drug-likeness (QED) is 0.903. The normalized spacial score (nSPS) is 14.3. The van der Waals surface area contributed by atoms with E-state index in [1.54, 1.807) is 0 Å². The zero-order chi connectivity index (χ0) is 15.0. The maximum atomic E-state index is 4.88. The number of hydrogen-bond donors (Lipinski definition) is 1. The average molecular weight is 281 g/mol. The number of anilines is 1. The van der Waals surface area contributed by atoms with Gasteiger partial charge in [0.2, 0.25) is 0 Å². The van der Waals surface area contributed by atoms with Gasteiger partial charge in [0.15, 0.2) is 0 Å². The van der Waals surface area contributed by atoms with Crippen molar-refractivity contribution >= 4 is 5.82 Å². The van der Waals surface area contributed by atoms with Gasteiger partial charge in [0.25, 0.3) is 0 Å². The van der Waals surface area contributed by atoms with Crippen molar-refractivity contribution in [3.63, 3.8) is 0 Å². The van der Waals surface area contributed by atoms with Crippen molar-refractivity contribution in [2.45, 2.75) is 46.5 Å². The number of nitrogens with zero attached hydrogens (tertiary/aromatic N) is 2. The van der Waals surface area contributed by atoms with Gasteiger partial charge in [0, 0.05) is 23.6 Å². The molecule has 1 N–H and O–H groups in total.